The zero-order valence-electron chi connectivity index (χ0n) is 10.4. The van der Waals surface area contributed by atoms with E-state index in [4.69, 9.17) is 4.74 Å². The number of hydrogen-bond acceptors (Lipinski definition) is 3. The van der Waals surface area contributed by atoms with Gasteiger partial charge in [0, 0.05) is 11.6 Å². The molecule has 2 aromatic rings. The van der Waals surface area contributed by atoms with Crippen LogP contribution in [0.3, 0.4) is 0 Å². The molecule has 94 valence electrons. The standard InChI is InChI=1S/C15H17NO2/c1-10-7-8-14(18-10)15(17)12-4-2-6-13-11(12)5-3-9-16-13/h2-6,9-10,14-15,17H,7-8H2,1H3. The molecule has 3 nitrogen and oxygen atoms in total. The zero-order chi connectivity index (χ0) is 12.5. The van der Waals surface area contributed by atoms with Gasteiger partial charge in [0.15, 0.2) is 0 Å². The number of hydrogen-bond donors (Lipinski definition) is 1. The molecule has 1 aromatic heterocycles. The highest BCUT2D eigenvalue weighted by molar-refractivity contribution is 5.82. The van der Waals surface area contributed by atoms with Crippen LogP contribution in [0.2, 0.25) is 0 Å². The topological polar surface area (TPSA) is 42.4 Å². The molecule has 0 aliphatic carbocycles. The molecule has 18 heavy (non-hydrogen) atoms. The molecule has 2 heterocycles. The predicted molar refractivity (Wildman–Crippen MR) is 70.3 cm³/mol. The minimum atomic E-state index is -0.567. The van der Waals surface area contributed by atoms with Gasteiger partial charge in [-0.15, -0.1) is 0 Å². The van der Waals surface area contributed by atoms with Gasteiger partial charge < -0.3 is 9.84 Å². The van der Waals surface area contributed by atoms with Crippen LogP contribution in [0.1, 0.15) is 31.4 Å². The lowest BCUT2D eigenvalue weighted by Crippen LogP contribution is -2.18. The van der Waals surface area contributed by atoms with Crippen LogP contribution in [0.25, 0.3) is 10.9 Å². The zero-order valence-corrected chi connectivity index (χ0v) is 10.4. The Morgan fingerprint density at radius 1 is 1.28 bits per heavy atom. The molecule has 3 atom stereocenters. The van der Waals surface area contributed by atoms with Gasteiger partial charge in [-0.1, -0.05) is 18.2 Å². The summed E-state index contributed by atoms with van der Waals surface area (Å²) in [7, 11) is 0. The van der Waals surface area contributed by atoms with E-state index in [0.29, 0.717) is 0 Å². The van der Waals surface area contributed by atoms with Gasteiger partial charge in [0.1, 0.15) is 6.10 Å². The number of nitrogens with zero attached hydrogens (tertiary/aromatic N) is 1. The van der Waals surface area contributed by atoms with Crippen molar-refractivity contribution in [2.75, 3.05) is 0 Å². The molecular weight excluding hydrogens is 226 g/mol. The Balaban J connectivity index is 1.98. The van der Waals surface area contributed by atoms with E-state index in [1.165, 1.54) is 0 Å². The number of pyridine rings is 1. The number of rotatable bonds is 2. The van der Waals surface area contributed by atoms with E-state index in [0.717, 1.165) is 29.3 Å². The largest absolute Gasteiger partial charge is 0.386 e. The first kappa shape index (κ1) is 11.6. The van der Waals surface area contributed by atoms with E-state index in [2.05, 4.69) is 11.9 Å². The second kappa shape index (κ2) is 4.67. The minimum absolute atomic E-state index is 0.0918. The molecule has 0 saturated carbocycles. The second-order valence-corrected chi connectivity index (χ2v) is 4.92. The van der Waals surface area contributed by atoms with Crippen molar-refractivity contribution in [2.45, 2.75) is 38.1 Å². The van der Waals surface area contributed by atoms with Gasteiger partial charge in [-0.25, -0.2) is 0 Å². The molecule has 3 heteroatoms. The molecule has 3 rings (SSSR count). The van der Waals surface area contributed by atoms with Gasteiger partial charge in [0.2, 0.25) is 0 Å². The fraction of sp³-hybridized carbons (Fsp3) is 0.400. The average molecular weight is 243 g/mol. The molecule has 0 radical (unpaired) electrons. The first-order valence-corrected chi connectivity index (χ1v) is 6.43. The summed E-state index contributed by atoms with van der Waals surface area (Å²) in [6.07, 6.45) is 3.29. The first-order valence-electron chi connectivity index (χ1n) is 6.43. The van der Waals surface area contributed by atoms with Crippen molar-refractivity contribution in [3.8, 4) is 0 Å². The van der Waals surface area contributed by atoms with Crippen molar-refractivity contribution >= 4 is 10.9 Å². The van der Waals surface area contributed by atoms with Crippen LogP contribution in [-0.2, 0) is 4.74 Å². The molecule has 1 fully saturated rings. The molecule has 1 aromatic carbocycles. The van der Waals surface area contributed by atoms with E-state index < -0.39 is 6.10 Å². The summed E-state index contributed by atoms with van der Waals surface area (Å²) in [6.45, 7) is 2.05. The van der Waals surface area contributed by atoms with E-state index in [9.17, 15) is 5.11 Å². The Bertz CT molecular complexity index is 550. The molecule has 0 spiro atoms. The van der Waals surface area contributed by atoms with Crippen LogP contribution in [0.15, 0.2) is 36.5 Å². The number of fused-ring (bicyclic) bond motifs is 1. The van der Waals surface area contributed by atoms with Crippen molar-refractivity contribution in [2.24, 2.45) is 0 Å². The molecule has 0 bridgehead atoms. The van der Waals surface area contributed by atoms with Gasteiger partial charge in [-0.05, 0) is 37.5 Å². The Kier molecular flexibility index (Phi) is 3.02. The van der Waals surface area contributed by atoms with Gasteiger partial charge >= 0.3 is 0 Å². The van der Waals surface area contributed by atoms with Gasteiger partial charge in [0.25, 0.3) is 0 Å². The van der Waals surface area contributed by atoms with Gasteiger partial charge in [-0.3, -0.25) is 4.98 Å². The van der Waals surface area contributed by atoms with Crippen molar-refractivity contribution in [1.82, 2.24) is 4.98 Å². The van der Waals surface area contributed by atoms with Gasteiger partial charge in [-0.2, -0.15) is 0 Å². The lowest BCUT2D eigenvalue weighted by molar-refractivity contribution is -0.0291. The Morgan fingerprint density at radius 2 is 2.17 bits per heavy atom. The maximum Gasteiger partial charge on any atom is 0.106 e. The monoisotopic (exact) mass is 243 g/mol. The van der Waals surface area contributed by atoms with Crippen LogP contribution in [-0.4, -0.2) is 22.3 Å². The molecule has 1 aliphatic heterocycles. The minimum Gasteiger partial charge on any atom is -0.386 e. The summed E-state index contributed by atoms with van der Waals surface area (Å²) in [6, 6.07) is 9.76. The van der Waals surface area contributed by atoms with E-state index in [1.54, 1.807) is 6.20 Å². The van der Waals surface area contributed by atoms with Crippen molar-refractivity contribution in [3.05, 3.63) is 42.1 Å². The maximum atomic E-state index is 10.5. The summed E-state index contributed by atoms with van der Waals surface area (Å²) >= 11 is 0. The van der Waals surface area contributed by atoms with Gasteiger partial charge in [0.05, 0.1) is 17.7 Å². The Hall–Kier alpha value is -1.45. The van der Waals surface area contributed by atoms with Crippen molar-refractivity contribution in [3.63, 3.8) is 0 Å². The van der Waals surface area contributed by atoms with Crippen molar-refractivity contribution in [1.29, 1.82) is 0 Å². The summed E-state index contributed by atoms with van der Waals surface area (Å²) < 4.78 is 5.76. The molecule has 0 amide bonds. The molecule has 1 saturated heterocycles. The smallest absolute Gasteiger partial charge is 0.106 e. The maximum absolute atomic E-state index is 10.5. The summed E-state index contributed by atoms with van der Waals surface area (Å²) in [4.78, 5) is 4.31. The number of benzene rings is 1. The highest BCUT2D eigenvalue weighted by Crippen LogP contribution is 2.32. The van der Waals surface area contributed by atoms with Crippen molar-refractivity contribution < 1.29 is 9.84 Å². The third kappa shape index (κ3) is 2.00. The number of aliphatic hydroxyl groups is 1. The second-order valence-electron chi connectivity index (χ2n) is 4.92. The predicted octanol–water partition coefficient (Wildman–Crippen LogP) is 2.84. The number of aromatic nitrogens is 1. The SMILES string of the molecule is CC1CCC(C(O)c2cccc3ncccc23)O1. The fourth-order valence-electron chi connectivity index (χ4n) is 2.65. The lowest BCUT2D eigenvalue weighted by atomic mass is 9.98. The van der Waals surface area contributed by atoms with E-state index >= 15 is 0 Å². The summed E-state index contributed by atoms with van der Waals surface area (Å²) in [5.41, 5.74) is 1.83. The molecule has 1 N–H and O–H groups in total. The molecule has 3 unspecified atom stereocenters. The summed E-state index contributed by atoms with van der Waals surface area (Å²) in [5, 5.41) is 11.5. The van der Waals surface area contributed by atoms with Crippen LogP contribution < -0.4 is 0 Å². The Morgan fingerprint density at radius 3 is 2.94 bits per heavy atom. The van der Waals surface area contributed by atoms with E-state index in [-0.39, 0.29) is 12.2 Å². The fourth-order valence-corrected chi connectivity index (χ4v) is 2.65. The third-order valence-electron chi connectivity index (χ3n) is 3.62. The van der Waals surface area contributed by atoms with E-state index in [1.807, 2.05) is 30.3 Å². The third-order valence-corrected chi connectivity index (χ3v) is 3.62. The first-order chi connectivity index (χ1) is 8.75. The highest BCUT2D eigenvalue weighted by atomic mass is 16.5. The summed E-state index contributed by atoms with van der Waals surface area (Å²) in [5.74, 6) is 0. The average Bonchev–Trinajstić information content (AvgIpc) is 2.84. The molecular formula is C15H17NO2. The van der Waals surface area contributed by atoms with Crippen LogP contribution in [0.4, 0.5) is 0 Å². The quantitative estimate of drug-likeness (QED) is 0.882. The molecule has 1 aliphatic rings. The number of aliphatic hydroxyl groups excluding tert-OH is 1. The lowest BCUT2D eigenvalue weighted by Gasteiger charge is -2.20. The number of ether oxygens (including phenoxy) is 1. The van der Waals surface area contributed by atoms with Crippen LogP contribution in [0, 0.1) is 0 Å². The normalized spacial score (nSPS) is 25.4. The Labute approximate surface area is 106 Å². The van der Waals surface area contributed by atoms with Crippen LogP contribution in [0.5, 0.6) is 0 Å². The van der Waals surface area contributed by atoms with Crippen LogP contribution >= 0.6 is 0 Å². The highest BCUT2D eigenvalue weighted by Gasteiger charge is 2.30.